The van der Waals surface area contributed by atoms with Gasteiger partial charge in [-0.25, -0.2) is 9.97 Å². The van der Waals surface area contributed by atoms with Gasteiger partial charge in [0, 0.05) is 44.8 Å². The summed E-state index contributed by atoms with van der Waals surface area (Å²) < 4.78 is 1.80. The van der Waals surface area contributed by atoms with Crippen molar-refractivity contribution in [3.8, 4) is 0 Å². The summed E-state index contributed by atoms with van der Waals surface area (Å²) in [6.45, 7) is 3.43. The van der Waals surface area contributed by atoms with Crippen LogP contribution in [0.3, 0.4) is 0 Å². The molecule has 0 aliphatic carbocycles. The number of aromatic nitrogens is 4. The quantitative estimate of drug-likeness (QED) is 0.718. The Labute approximate surface area is 151 Å². The highest BCUT2D eigenvalue weighted by Crippen LogP contribution is 2.13. The summed E-state index contributed by atoms with van der Waals surface area (Å²) in [5.41, 5.74) is 1.79. The van der Waals surface area contributed by atoms with E-state index in [2.05, 4.69) is 20.0 Å². The minimum atomic E-state index is 0.0259. The molecule has 0 atom stereocenters. The van der Waals surface area contributed by atoms with E-state index in [0.29, 0.717) is 25.2 Å². The van der Waals surface area contributed by atoms with Crippen molar-refractivity contribution in [2.24, 2.45) is 0 Å². The van der Waals surface area contributed by atoms with Crippen LogP contribution >= 0.6 is 0 Å². The van der Waals surface area contributed by atoms with E-state index in [1.165, 1.54) is 0 Å². The standard InChI is InChI=1S/C19H20N6O/c26-18(17-13-22-25(15-17)14-16-5-2-1-3-6-16)23-9-11-24(12-10-23)19-20-7-4-8-21-19/h1-8,13,15H,9-12,14H2. The molecule has 0 spiro atoms. The smallest absolute Gasteiger partial charge is 0.257 e. The van der Waals surface area contributed by atoms with Crippen LogP contribution in [0, 0.1) is 0 Å². The third-order valence-corrected chi connectivity index (χ3v) is 4.47. The van der Waals surface area contributed by atoms with E-state index in [9.17, 15) is 4.79 Å². The van der Waals surface area contributed by atoms with E-state index < -0.39 is 0 Å². The maximum Gasteiger partial charge on any atom is 0.257 e. The van der Waals surface area contributed by atoms with Crippen molar-refractivity contribution in [3.05, 3.63) is 72.3 Å². The van der Waals surface area contributed by atoms with Crippen LogP contribution in [0.15, 0.2) is 61.2 Å². The van der Waals surface area contributed by atoms with E-state index in [4.69, 9.17) is 0 Å². The second-order valence-corrected chi connectivity index (χ2v) is 6.24. The summed E-state index contributed by atoms with van der Waals surface area (Å²) in [5, 5.41) is 4.33. The van der Waals surface area contributed by atoms with Gasteiger partial charge in [-0.2, -0.15) is 5.10 Å². The number of benzene rings is 1. The second kappa shape index (κ2) is 7.35. The van der Waals surface area contributed by atoms with Gasteiger partial charge in [0.2, 0.25) is 5.95 Å². The monoisotopic (exact) mass is 348 g/mol. The summed E-state index contributed by atoms with van der Waals surface area (Å²) in [6, 6.07) is 11.9. The Kier molecular flexibility index (Phi) is 4.59. The number of carbonyl (C=O) groups is 1. The molecule has 26 heavy (non-hydrogen) atoms. The molecule has 1 saturated heterocycles. The SMILES string of the molecule is O=C(c1cnn(Cc2ccccc2)c1)N1CCN(c2ncccn2)CC1. The van der Waals surface area contributed by atoms with Crippen LogP contribution in [0.5, 0.6) is 0 Å². The highest BCUT2D eigenvalue weighted by atomic mass is 16.2. The Hall–Kier alpha value is -3.22. The Morgan fingerprint density at radius 3 is 2.42 bits per heavy atom. The molecule has 0 N–H and O–H groups in total. The molecule has 0 bridgehead atoms. The zero-order valence-electron chi connectivity index (χ0n) is 14.4. The van der Waals surface area contributed by atoms with Crippen LogP contribution < -0.4 is 4.90 Å². The van der Waals surface area contributed by atoms with Gasteiger partial charge in [0.05, 0.1) is 18.3 Å². The van der Waals surface area contributed by atoms with Crippen LogP contribution in [0.1, 0.15) is 15.9 Å². The van der Waals surface area contributed by atoms with E-state index in [1.807, 2.05) is 41.4 Å². The Morgan fingerprint density at radius 1 is 0.962 bits per heavy atom. The fourth-order valence-electron chi connectivity index (χ4n) is 3.08. The highest BCUT2D eigenvalue weighted by molar-refractivity contribution is 5.93. The van der Waals surface area contributed by atoms with Crippen molar-refractivity contribution >= 4 is 11.9 Å². The first kappa shape index (κ1) is 16.3. The molecule has 1 fully saturated rings. The molecule has 7 heteroatoms. The predicted molar refractivity (Wildman–Crippen MR) is 97.9 cm³/mol. The van der Waals surface area contributed by atoms with Gasteiger partial charge >= 0.3 is 0 Å². The van der Waals surface area contributed by atoms with Crippen molar-refractivity contribution in [2.75, 3.05) is 31.1 Å². The number of hydrogen-bond donors (Lipinski definition) is 0. The Bertz CT molecular complexity index is 856. The van der Waals surface area contributed by atoms with Crippen LogP contribution in [-0.4, -0.2) is 56.7 Å². The van der Waals surface area contributed by atoms with Crippen LogP contribution in [-0.2, 0) is 6.54 Å². The van der Waals surface area contributed by atoms with Gasteiger partial charge in [0.15, 0.2) is 0 Å². The molecule has 0 saturated carbocycles. The molecule has 1 aliphatic heterocycles. The molecular formula is C19H20N6O. The lowest BCUT2D eigenvalue weighted by atomic mass is 10.2. The molecule has 0 unspecified atom stereocenters. The maximum absolute atomic E-state index is 12.7. The fourth-order valence-corrected chi connectivity index (χ4v) is 3.08. The lowest BCUT2D eigenvalue weighted by Gasteiger charge is -2.34. The molecule has 0 radical (unpaired) electrons. The first-order chi connectivity index (χ1) is 12.8. The lowest BCUT2D eigenvalue weighted by Crippen LogP contribution is -2.49. The molecular weight excluding hydrogens is 328 g/mol. The molecule has 3 heterocycles. The van der Waals surface area contributed by atoms with Crippen molar-refractivity contribution in [1.29, 1.82) is 0 Å². The molecule has 2 aromatic heterocycles. The summed E-state index contributed by atoms with van der Waals surface area (Å²) >= 11 is 0. The number of nitrogens with zero attached hydrogens (tertiary/aromatic N) is 6. The zero-order valence-corrected chi connectivity index (χ0v) is 14.4. The van der Waals surface area contributed by atoms with Gasteiger partial charge in [-0.05, 0) is 11.6 Å². The maximum atomic E-state index is 12.7. The highest BCUT2D eigenvalue weighted by Gasteiger charge is 2.24. The predicted octanol–water partition coefficient (Wildman–Crippen LogP) is 1.68. The first-order valence-electron chi connectivity index (χ1n) is 8.67. The van der Waals surface area contributed by atoms with Crippen LogP contribution in [0.2, 0.25) is 0 Å². The van der Waals surface area contributed by atoms with Gasteiger partial charge in [0.1, 0.15) is 0 Å². The number of rotatable bonds is 4. The minimum Gasteiger partial charge on any atom is -0.337 e. The number of anilines is 1. The van der Waals surface area contributed by atoms with Crippen molar-refractivity contribution in [2.45, 2.75) is 6.54 Å². The second-order valence-electron chi connectivity index (χ2n) is 6.24. The topological polar surface area (TPSA) is 67.2 Å². The summed E-state index contributed by atoms with van der Waals surface area (Å²) in [6.07, 6.45) is 6.95. The van der Waals surface area contributed by atoms with Crippen molar-refractivity contribution in [3.63, 3.8) is 0 Å². The van der Waals surface area contributed by atoms with Gasteiger partial charge < -0.3 is 9.80 Å². The van der Waals surface area contributed by atoms with E-state index in [0.717, 1.165) is 24.6 Å². The van der Waals surface area contributed by atoms with Gasteiger partial charge in [-0.15, -0.1) is 0 Å². The Morgan fingerprint density at radius 2 is 1.69 bits per heavy atom. The third-order valence-electron chi connectivity index (χ3n) is 4.47. The van der Waals surface area contributed by atoms with E-state index in [1.54, 1.807) is 29.3 Å². The molecule has 1 amide bonds. The molecule has 132 valence electrons. The van der Waals surface area contributed by atoms with Crippen LogP contribution in [0.4, 0.5) is 5.95 Å². The average Bonchev–Trinajstić information content (AvgIpc) is 3.17. The van der Waals surface area contributed by atoms with Gasteiger partial charge in [-0.3, -0.25) is 9.48 Å². The number of hydrogen-bond acceptors (Lipinski definition) is 5. The van der Waals surface area contributed by atoms with Gasteiger partial charge in [0.25, 0.3) is 5.91 Å². The number of carbonyl (C=O) groups excluding carboxylic acids is 1. The molecule has 7 nitrogen and oxygen atoms in total. The Balaban J connectivity index is 1.37. The van der Waals surface area contributed by atoms with Gasteiger partial charge in [-0.1, -0.05) is 30.3 Å². The van der Waals surface area contributed by atoms with E-state index >= 15 is 0 Å². The average molecular weight is 348 g/mol. The number of amides is 1. The van der Waals surface area contributed by atoms with Crippen LogP contribution in [0.25, 0.3) is 0 Å². The molecule has 3 aromatic rings. The summed E-state index contributed by atoms with van der Waals surface area (Å²) in [5.74, 6) is 0.744. The summed E-state index contributed by atoms with van der Waals surface area (Å²) in [7, 11) is 0. The normalized spacial score (nSPS) is 14.5. The van der Waals surface area contributed by atoms with Crippen molar-refractivity contribution in [1.82, 2.24) is 24.6 Å². The first-order valence-corrected chi connectivity index (χ1v) is 8.67. The minimum absolute atomic E-state index is 0.0259. The third kappa shape index (κ3) is 3.56. The molecule has 4 rings (SSSR count). The largest absolute Gasteiger partial charge is 0.337 e. The fraction of sp³-hybridized carbons (Fsp3) is 0.263. The van der Waals surface area contributed by atoms with E-state index in [-0.39, 0.29) is 5.91 Å². The molecule has 1 aliphatic rings. The van der Waals surface area contributed by atoms with Crippen molar-refractivity contribution < 1.29 is 4.79 Å². The number of piperazine rings is 1. The zero-order chi connectivity index (χ0) is 17.8. The summed E-state index contributed by atoms with van der Waals surface area (Å²) in [4.78, 5) is 25.2. The molecule has 1 aromatic carbocycles. The lowest BCUT2D eigenvalue weighted by molar-refractivity contribution is 0.0746.